The third-order valence-electron chi connectivity index (χ3n) is 3.76. The Kier molecular flexibility index (Phi) is 5.90. The number of sulfonamides is 1. The van der Waals surface area contributed by atoms with Crippen LogP contribution in [0.4, 0.5) is 0 Å². The van der Waals surface area contributed by atoms with Gasteiger partial charge in [-0.25, -0.2) is 8.42 Å². The van der Waals surface area contributed by atoms with E-state index in [4.69, 9.17) is 0 Å². The molecule has 0 radical (unpaired) electrons. The maximum absolute atomic E-state index is 12.7. The highest BCUT2D eigenvalue weighted by atomic mass is 32.2. The third-order valence-corrected chi connectivity index (χ3v) is 6.74. The number of nitrogens with zero attached hydrogens (tertiary/aromatic N) is 1. The summed E-state index contributed by atoms with van der Waals surface area (Å²) in [7, 11) is -3.67. The van der Waals surface area contributed by atoms with Gasteiger partial charge in [0, 0.05) is 18.6 Å². The highest BCUT2D eigenvalue weighted by molar-refractivity contribution is 7.89. The molecule has 0 bridgehead atoms. The number of nitrogens with one attached hydrogen (secondary N) is 2. The van der Waals surface area contributed by atoms with Gasteiger partial charge >= 0.3 is 0 Å². The average molecular weight is 388 g/mol. The molecule has 140 valence electrons. The smallest absolute Gasteiger partial charge is 0.263 e. The van der Waals surface area contributed by atoms with Crippen LogP contribution in [-0.4, -0.2) is 49.2 Å². The number of carbonyl (C=O) groups is 2. The lowest BCUT2D eigenvalue weighted by Gasteiger charge is -2.23. The molecule has 1 aromatic rings. The molecular weight excluding hydrogens is 362 g/mol. The van der Waals surface area contributed by atoms with Crippen molar-refractivity contribution in [3.05, 3.63) is 16.3 Å². The van der Waals surface area contributed by atoms with E-state index < -0.39 is 27.5 Å². The van der Waals surface area contributed by atoms with Crippen molar-refractivity contribution >= 4 is 33.2 Å². The van der Waals surface area contributed by atoms with Crippen molar-refractivity contribution in [1.82, 2.24) is 14.9 Å². The summed E-state index contributed by atoms with van der Waals surface area (Å²) in [5, 5.41) is 6.95. The summed E-state index contributed by atoms with van der Waals surface area (Å²) < 4.78 is 26.8. The van der Waals surface area contributed by atoms with Crippen molar-refractivity contribution in [3.63, 3.8) is 0 Å². The number of hydrogen-bond donors (Lipinski definition) is 2. The highest BCUT2D eigenvalue weighted by Crippen LogP contribution is 2.27. The molecule has 0 aliphatic carbocycles. The fourth-order valence-electron chi connectivity index (χ4n) is 2.54. The zero-order chi connectivity index (χ0) is 18.8. The standard InChI is InChI=1S/C16H25N3O4S2/c1-11(14(20)18-16(2,3)4)17-15(21)13-12(7-10-24-13)25(22,23)19-8-5-6-9-19/h7,10-11H,5-6,8-9H2,1-4H3,(H,17,21)(H,18,20). The number of amides is 2. The van der Waals surface area contributed by atoms with Gasteiger partial charge in [-0.15, -0.1) is 11.3 Å². The minimum absolute atomic E-state index is 0.0142. The van der Waals surface area contributed by atoms with Crippen LogP contribution in [-0.2, 0) is 14.8 Å². The Labute approximate surface area is 152 Å². The molecule has 0 spiro atoms. The molecular formula is C16H25N3O4S2. The predicted octanol–water partition coefficient (Wildman–Crippen LogP) is 1.57. The molecule has 2 rings (SSSR count). The van der Waals surface area contributed by atoms with Gasteiger partial charge in [0.15, 0.2) is 0 Å². The van der Waals surface area contributed by atoms with Gasteiger partial charge in [0.1, 0.15) is 15.8 Å². The maximum atomic E-state index is 12.7. The molecule has 1 fully saturated rings. The molecule has 7 nitrogen and oxygen atoms in total. The quantitative estimate of drug-likeness (QED) is 0.802. The van der Waals surface area contributed by atoms with Crippen LogP contribution in [0.3, 0.4) is 0 Å². The molecule has 1 atom stereocenters. The summed E-state index contributed by atoms with van der Waals surface area (Å²) in [6.45, 7) is 8.06. The van der Waals surface area contributed by atoms with Gasteiger partial charge in [-0.05, 0) is 52.0 Å². The van der Waals surface area contributed by atoms with E-state index >= 15 is 0 Å². The van der Waals surface area contributed by atoms with E-state index in [1.165, 1.54) is 10.4 Å². The minimum atomic E-state index is -3.67. The molecule has 1 unspecified atom stereocenters. The van der Waals surface area contributed by atoms with E-state index in [1.54, 1.807) is 12.3 Å². The van der Waals surface area contributed by atoms with E-state index in [1.807, 2.05) is 20.8 Å². The van der Waals surface area contributed by atoms with E-state index in [9.17, 15) is 18.0 Å². The van der Waals surface area contributed by atoms with Crippen LogP contribution in [0.2, 0.25) is 0 Å². The normalized spacial score (nSPS) is 17.3. The Hall–Kier alpha value is -1.45. The summed E-state index contributed by atoms with van der Waals surface area (Å²) in [4.78, 5) is 24.7. The van der Waals surface area contributed by atoms with E-state index in [-0.39, 0.29) is 15.7 Å². The fraction of sp³-hybridized carbons (Fsp3) is 0.625. The van der Waals surface area contributed by atoms with Crippen molar-refractivity contribution in [3.8, 4) is 0 Å². The van der Waals surface area contributed by atoms with E-state index in [0.29, 0.717) is 13.1 Å². The van der Waals surface area contributed by atoms with Gasteiger partial charge < -0.3 is 10.6 Å². The van der Waals surface area contributed by atoms with Crippen molar-refractivity contribution in [2.45, 2.75) is 57.0 Å². The summed E-state index contributed by atoms with van der Waals surface area (Å²) in [5.74, 6) is -0.870. The van der Waals surface area contributed by atoms with Gasteiger partial charge in [0.05, 0.1) is 0 Å². The van der Waals surface area contributed by atoms with Crippen LogP contribution >= 0.6 is 11.3 Å². The Balaban J connectivity index is 2.14. The van der Waals surface area contributed by atoms with Gasteiger partial charge in [0.2, 0.25) is 15.9 Å². The second kappa shape index (κ2) is 7.43. The first-order valence-electron chi connectivity index (χ1n) is 8.23. The minimum Gasteiger partial charge on any atom is -0.350 e. The lowest BCUT2D eigenvalue weighted by Crippen LogP contribution is -2.50. The average Bonchev–Trinajstić information content (AvgIpc) is 3.17. The lowest BCUT2D eigenvalue weighted by atomic mass is 10.1. The molecule has 2 N–H and O–H groups in total. The first-order chi connectivity index (χ1) is 11.5. The maximum Gasteiger partial charge on any atom is 0.263 e. The largest absolute Gasteiger partial charge is 0.350 e. The van der Waals surface area contributed by atoms with Crippen LogP contribution in [0.5, 0.6) is 0 Å². The summed E-state index contributed by atoms with van der Waals surface area (Å²) in [6.07, 6.45) is 1.66. The van der Waals surface area contributed by atoms with Crippen LogP contribution in [0.1, 0.15) is 50.2 Å². The van der Waals surface area contributed by atoms with E-state index in [2.05, 4.69) is 10.6 Å². The number of carbonyl (C=O) groups excluding carboxylic acids is 2. The second-order valence-electron chi connectivity index (χ2n) is 7.16. The van der Waals surface area contributed by atoms with Gasteiger partial charge in [-0.2, -0.15) is 4.31 Å². The number of thiophene rings is 1. The zero-order valence-corrected chi connectivity index (χ0v) is 16.6. The number of rotatable bonds is 5. The molecule has 9 heteroatoms. The Bertz CT molecular complexity index is 744. The first kappa shape index (κ1) is 19.9. The van der Waals surface area contributed by atoms with E-state index in [0.717, 1.165) is 24.2 Å². The molecule has 2 heterocycles. The van der Waals surface area contributed by atoms with Crippen LogP contribution in [0, 0.1) is 0 Å². The van der Waals surface area contributed by atoms with Gasteiger partial charge in [-0.1, -0.05) is 0 Å². The molecule has 1 aromatic heterocycles. The highest BCUT2D eigenvalue weighted by Gasteiger charge is 2.32. The summed E-state index contributed by atoms with van der Waals surface area (Å²) >= 11 is 1.06. The Morgan fingerprint density at radius 3 is 2.40 bits per heavy atom. The zero-order valence-electron chi connectivity index (χ0n) is 15.0. The molecule has 1 saturated heterocycles. The van der Waals surface area contributed by atoms with Crippen LogP contribution < -0.4 is 10.6 Å². The SMILES string of the molecule is CC(NC(=O)c1sccc1S(=O)(=O)N1CCCC1)C(=O)NC(C)(C)C. The molecule has 0 saturated carbocycles. The summed E-state index contributed by atoms with van der Waals surface area (Å²) in [5.41, 5.74) is -0.413. The number of hydrogen-bond acceptors (Lipinski definition) is 5. The topological polar surface area (TPSA) is 95.6 Å². The third kappa shape index (κ3) is 4.80. The predicted molar refractivity (Wildman–Crippen MR) is 97.1 cm³/mol. The molecule has 1 aliphatic rings. The van der Waals surface area contributed by atoms with Crippen molar-refractivity contribution < 1.29 is 18.0 Å². The van der Waals surface area contributed by atoms with Crippen LogP contribution in [0.15, 0.2) is 16.3 Å². The lowest BCUT2D eigenvalue weighted by molar-refractivity contribution is -0.124. The monoisotopic (exact) mass is 387 g/mol. The first-order valence-corrected chi connectivity index (χ1v) is 10.5. The second-order valence-corrected chi connectivity index (χ2v) is 9.98. The molecule has 25 heavy (non-hydrogen) atoms. The van der Waals surface area contributed by atoms with Crippen LogP contribution in [0.25, 0.3) is 0 Å². The molecule has 0 aromatic carbocycles. The Morgan fingerprint density at radius 1 is 1.24 bits per heavy atom. The summed E-state index contributed by atoms with van der Waals surface area (Å²) in [6, 6.07) is 0.684. The molecule has 2 amide bonds. The van der Waals surface area contributed by atoms with Crippen molar-refractivity contribution in [2.24, 2.45) is 0 Å². The van der Waals surface area contributed by atoms with Crippen molar-refractivity contribution in [1.29, 1.82) is 0 Å². The Morgan fingerprint density at radius 2 is 1.84 bits per heavy atom. The molecule has 1 aliphatic heterocycles. The fourth-order valence-corrected chi connectivity index (χ4v) is 5.36. The van der Waals surface area contributed by atoms with Gasteiger partial charge in [0.25, 0.3) is 5.91 Å². The van der Waals surface area contributed by atoms with Gasteiger partial charge in [-0.3, -0.25) is 9.59 Å². The van der Waals surface area contributed by atoms with Crippen molar-refractivity contribution in [2.75, 3.05) is 13.1 Å².